The van der Waals surface area contributed by atoms with Crippen molar-refractivity contribution in [2.75, 3.05) is 25.1 Å². The molecule has 0 aliphatic carbocycles. The van der Waals surface area contributed by atoms with E-state index in [1.807, 2.05) is 42.5 Å². The Morgan fingerprint density at radius 1 is 1.18 bits per heavy atom. The van der Waals surface area contributed by atoms with Crippen LogP contribution in [0, 0.1) is 0 Å². The number of hydrogen-bond donors (Lipinski definition) is 1. The van der Waals surface area contributed by atoms with Crippen molar-refractivity contribution in [3.63, 3.8) is 0 Å². The second-order valence-corrected chi connectivity index (χ2v) is 7.57. The first kappa shape index (κ1) is 18.6. The van der Waals surface area contributed by atoms with Gasteiger partial charge in [-0.25, -0.2) is 0 Å². The lowest BCUT2D eigenvalue weighted by atomic mass is 10.0. The van der Waals surface area contributed by atoms with Gasteiger partial charge in [0.1, 0.15) is 5.75 Å². The zero-order valence-corrected chi connectivity index (χ0v) is 16.6. The molecule has 5 heteroatoms. The topological polar surface area (TPSA) is 41.6 Å². The quantitative estimate of drug-likeness (QED) is 0.695. The number of nitrogens with zero attached hydrogens (tertiary/aromatic N) is 1. The van der Waals surface area contributed by atoms with Gasteiger partial charge in [0.2, 0.25) is 5.91 Å². The second-order valence-electron chi connectivity index (χ2n) is 7.13. The molecular formula is C23H23ClN2O2. The third kappa shape index (κ3) is 3.92. The van der Waals surface area contributed by atoms with Crippen molar-refractivity contribution < 1.29 is 9.53 Å². The Hall–Kier alpha value is -2.72. The molecule has 1 heterocycles. The summed E-state index contributed by atoms with van der Waals surface area (Å²) < 4.78 is 5.46. The van der Waals surface area contributed by atoms with Crippen LogP contribution in [0.2, 0.25) is 5.02 Å². The van der Waals surface area contributed by atoms with E-state index in [0.717, 1.165) is 47.3 Å². The number of carbonyl (C=O) groups is 1. The minimum Gasteiger partial charge on any atom is -0.495 e. The summed E-state index contributed by atoms with van der Waals surface area (Å²) in [6.07, 6.45) is 1.29. The minimum absolute atomic E-state index is 0.0567. The molecule has 1 N–H and O–H groups in total. The van der Waals surface area contributed by atoms with Crippen molar-refractivity contribution in [3.05, 3.63) is 71.2 Å². The van der Waals surface area contributed by atoms with E-state index in [4.69, 9.17) is 16.3 Å². The molecular weight excluding hydrogens is 372 g/mol. The van der Waals surface area contributed by atoms with Crippen molar-refractivity contribution in [2.24, 2.45) is 0 Å². The van der Waals surface area contributed by atoms with Crippen LogP contribution in [-0.4, -0.2) is 32.1 Å². The molecule has 1 atom stereocenters. The van der Waals surface area contributed by atoms with E-state index >= 15 is 0 Å². The Morgan fingerprint density at radius 3 is 2.86 bits per heavy atom. The van der Waals surface area contributed by atoms with E-state index in [1.54, 1.807) is 7.11 Å². The van der Waals surface area contributed by atoms with E-state index in [0.29, 0.717) is 11.4 Å². The summed E-state index contributed by atoms with van der Waals surface area (Å²) in [4.78, 5) is 14.9. The smallest absolute Gasteiger partial charge is 0.224 e. The van der Waals surface area contributed by atoms with E-state index in [-0.39, 0.29) is 11.9 Å². The molecule has 0 radical (unpaired) electrons. The second kappa shape index (κ2) is 8.11. The number of ether oxygens (including phenoxy) is 1. The number of carbonyl (C=O) groups excluding carboxylic acids is 1. The predicted molar refractivity (Wildman–Crippen MR) is 114 cm³/mol. The fourth-order valence-electron chi connectivity index (χ4n) is 3.91. The fourth-order valence-corrected chi connectivity index (χ4v) is 4.07. The first-order valence-electron chi connectivity index (χ1n) is 9.48. The van der Waals surface area contributed by atoms with Crippen LogP contribution in [-0.2, 0) is 11.2 Å². The highest BCUT2D eigenvalue weighted by Crippen LogP contribution is 2.33. The summed E-state index contributed by atoms with van der Waals surface area (Å²) in [7, 11) is 1.66. The molecule has 1 amide bonds. The molecule has 4 nitrogen and oxygen atoms in total. The van der Waals surface area contributed by atoms with Gasteiger partial charge in [0.15, 0.2) is 0 Å². The molecule has 1 aliphatic rings. The Labute approximate surface area is 170 Å². The number of rotatable bonds is 5. The molecule has 0 bridgehead atoms. The molecule has 1 saturated heterocycles. The van der Waals surface area contributed by atoms with E-state index in [2.05, 4.69) is 28.4 Å². The van der Waals surface area contributed by atoms with Crippen molar-refractivity contribution in [1.29, 1.82) is 0 Å². The predicted octanol–water partition coefficient (Wildman–Crippen LogP) is 4.44. The van der Waals surface area contributed by atoms with Crippen LogP contribution < -0.4 is 15.0 Å². The van der Waals surface area contributed by atoms with E-state index in [9.17, 15) is 4.79 Å². The van der Waals surface area contributed by atoms with Gasteiger partial charge in [-0.3, -0.25) is 4.79 Å². The van der Waals surface area contributed by atoms with Crippen LogP contribution in [0.3, 0.4) is 0 Å². The molecule has 0 aromatic heterocycles. The average Bonchev–Trinajstić information content (AvgIpc) is 3.16. The number of halogens is 1. The van der Waals surface area contributed by atoms with Gasteiger partial charge >= 0.3 is 0 Å². The average molecular weight is 395 g/mol. The highest BCUT2D eigenvalue weighted by molar-refractivity contribution is 6.30. The third-order valence-electron chi connectivity index (χ3n) is 5.27. The standard InChI is InChI=1S/C23H23ClN2O2/c1-28-22-10-9-18(24)14-21(22)26-12-11-19(15-26)25-23(27)13-17-7-4-6-16-5-2-3-8-20(16)17/h2-10,14,19H,11-13,15H2,1H3,(H,25,27). The number of methoxy groups -OCH3 is 1. The molecule has 1 fully saturated rings. The Morgan fingerprint density at radius 2 is 2.00 bits per heavy atom. The van der Waals surface area contributed by atoms with Crippen LogP contribution in [0.25, 0.3) is 10.8 Å². The van der Waals surface area contributed by atoms with Crippen LogP contribution in [0.4, 0.5) is 5.69 Å². The SMILES string of the molecule is COc1ccc(Cl)cc1N1CCC(NC(=O)Cc2cccc3ccccc23)C1. The lowest BCUT2D eigenvalue weighted by Gasteiger charge is -2.22. The van der Waals surface area contributed by atoms with Crippen LogP contribution in [0.1, 0.15) is 12.0 Å². The Balaban J connectivity index is 1.42. The molecule has 3 aromatic rings. The van der Waals surface area contributed by atoms with E-state index in [1.165, 1.54) is 0 Å². The lowest BCUT2D eigenvalue weighted by molar-refractivity contribution is -0.121. The highest BCUT2D eigenvalue weighted by atomic mass is 35.5. The van der Waals surface area contributed by atoms with Gasteiger partial charge in [0.05, 0.1) is 19.2 Å². The van der Waals surface area contributed by atoms with Crippen molar-refractivity contribution >= 4 is 34.0 Å². The normalized spacial score (nSPS) is 16.4. The van der Waals surface area contributed by atoms with Gasteiger partial charge in [-0.05, 0) is 41.0 Å². The number of benzene rings is 3. The minimum atomic E-state index is 0.0567. The first-order valence-corrected chi connectivity index (χ1v) is 9.86. The van der Waals surface area contributed by atoms with Gasteiger partial charge in [-0.1, -0.05) is 54.1 Å². The summed E-state index contributed by atoms with van der Waals surface area (Å²) >= 11 is 6.16. The van der Waals surface area contributed by atoms with E-state index < -0.39 is 0 Å². The van der Waals surface area contributed by atoms with Crippen molar-refractivity contribution in [2.45, 2.75) is 18.9 Å². The fraction of sp³-hybridized carbons (Fsp3) is 0.261. The zero-order valence-electron chi connectivity index (χ0n) is 15.8. The van der Waals surface area contributed by atoms with Gasteiger partial charge in [0.25, 0.3) is 0 Å². The maximum Gasteiger partial charge on any atom is 0.224 e. The molecule has 1 unspecified atom stereocenters. The number of anilines is 1. The van der Waals surface area contributed by atoms with Crippen LogP contribution >= 0.6 is 11.6 Å². The molecule has 4 rings (SSSR count). The first-order chi connectivity index (χ1) is 13.6. The van der Waals surface area contributed by atoms with Gasteiger partial charge < -0.3 is 15.0 Å². The monoisotopic (exact) mass is 394 g/mol. The molecule has 0 spiro atoms. The van der Waals surface area contributed by atoms with Crippen molar-refractivity contribution in [1.82, 2.24) is 5.32 Å². The molecule has 1 aliphatic heterocycles. The number of nitrogens with one attached hydrogen (secondary N) is 1. The highest BCUT2D eigenvalue weighted by Gasteiger charge is 2.26. The Kier molecular flexibility index (Phi) is 5.40. The van der Waals surface area contributed by atoms with Crippen LogP contribution in [0.5, 0.6) is 5.75 Å². The summed E-state index contributed by atoms with van der Waals surface area (Å²) in [5, 5.41) is 6.17. The van der Waals surface area contributed by atoms with Crippen LogP contribution in [0.15, 0.2) is 60.7 Å². The third-order valence-corrected chi connectivity index (χ3v) is 5.50. The van der Waals surface area contributed by atoms with Gasteiger partial charge in [-0.2, -0.15) is 0 Å². The molecule has 0 saturated carbocycles. The number of fused-ring (bicyclic) bond motifs is 1. The zero-order chi connectivity index (χ0) is 19.5. The van der Waals surface area contributed by atoms with Crippen molar-refractivity contribution in [3.8, 4) is 5.75 Å². The number of hydrogen-bond acceptors (Lipinski definition) is 3. The largest absolute Gasteiger partial charge is 0.495 e. The summed E-state index contributed by atoms with van der Waals surface area (Å²) in [5.41, 5.74) is 2.03. The molecule has 3 aromatic carbocycles. The lowest BCUT2D eigenvalue weighted by Crippen LogP contribution is -2.38. The molecule has 28 heavy (non-hydrogen) atoms. The van der Waals surface area contributed by atoms with Gasteiger partial charge in [-0.15, -0.1) is 0 Å². The summed E-state index contributed by atoms with van der Waals surface area (Å²) in [6, 6.07) is 20.0. The number of amides is 1. The molecule has 144 valence electrons. The maximum absolute atomic E-state index is 12.7. The summed E-state index contributed by atoms with van der Waals surface area (Å²) in [5.74, 6) is 0.855. The maximum atomic E-state index is 12.7. The Bertz CT molecular complexity index is 1000. The van der Waals surface area contributed by atoms with Gasteiger partial charge in [0, 0.05) is 24.2 Å². The summed E-state index contributed by atoms with van der Waals surface area (Å²) in [6.45, 7) is 1.61.